The Labute approximate surface area is 80.5 Å². The van der Waals surface area contributed by atoms with Gasteiger partial charge < -0.3 is 4.74 Å². The van der Waals surface area contributed by atoms with Crippen molar-refractivity contribution in [1.29, 1.82) is 0 Å². The van der Waals surface area contributed by atoms with Gasteiger partial charge in [0.2, 0.25) is 5.78 Å². The summed E-state index contributed by atoms with van der Waals surface area (Å²) in [6.45, 7) is 1.71. The quantitative estimate of drug-likeness (QED) is 0.700. The summed E-state index contributed by atoms with van der Waals surface area (Å²) in [7, 11) is 1.42. The zero-order chi connectivity index (χ0) is 10.7. The minimum Gasteiger partial charge on any atom is -0.497 e. The number of hydrogen-bond acceptors (Lipinski definition) is 2. The fourth-order valence-electron chi connectivity index (χ4n) is 1.13. The molecule has 0 unspecified atom stereocenters. The third-order valence-corrected chi connectivity index (χ3v) is 1.77. The minimum absolute atomic E-state index is 0.0168. The molecule has 1 aromatic carbocycles. The van der Waals surface area contributed by atoms with E-state index in [1.807, 2.05) is 0 Å². The maximum Gasteiger partial charge on any atom is 0.300 e. The maximum atomic E-state index is 12.1. The Morgan fingerprint density at radius 2 is 2.00 bits per heavy atom. The summed E-state index contributed by atoms with van der Waals surface area (Å²) < 4.78 is 29.1. The number of carbonyl (C=O) groups is 1. The van der Waals surface area contributed by atoms with Crippen molar-refractivity contribution in [3.05, 3.63) is 29.3 Å². The fraction of sp³-hybridized carbons (Fsp3) is 0.300. The van der Waals surface area contributed by atoms with Crippen molar-refractivity contribution in [3.63, 3.8) is 0 Å². The average Bonchev–Trinajstić information content (AvgIpc) is 2.15. The lowest BCUT2D eigenvalue weighted by Crippen LogP contribution is -2.10. The molecule has 1 aromatic rings. The summed E-state index contributed by atoms with van der Waals surface area (Å²) in [5.74, 6) is -0.763. The van der Waals surface area contributed by atoms with Crippen LogP contribution in [0.2, 0.25) is 0 Å². The van der Waals surface area contributed by atoms with Crippen LogP contribution in [-0.2, 0) is 0 Å². The van der Waals surface area contributed by atoms with Gasteiger partial charge in [0.1, 0.15) is 5.75 Å². The molecule has 0 saturated heterocycles. The first-order chi connectivity index (χ1) is 6.54. The van der Waals surface area contributed by atoms with Crippen LogP contribution in [0.1, 0.15) is 15.9 Å². The predicted molar refractivity (Wildman–Crippen MR) is 48.1 cm³/mol. The van der Waals surface area contributed by atoms with Gasteiger partial charge >= 0.3 is 6.43 Å². The zero-order valence-corrected chi connectivity index (χ0v) is 7.88. The Hall–Kier alpha value is -1.45. The Bertz CT molecular complexity index is 348. The number of ether oxygens (including phenoxy) is 1. The molecule has 0 radical (unpaired) electrons. The number of ketones is 1. The second-order valence-corrected chi connectivity index (χ2v) is 2.90. The van der Waals surface area contributed by atoms with Gasteiger partial charge in [-0.2, -0.15) is 0 Å². The molecule has 0 amide bonds. The molecule has 0 aliphatic carbocycles. The number of aryl methyl sites for hydroxylation is 1. The maximum absolute atomic E-state index is 12.1. The predicted octanol–water partition coefficient (Wildman–Crippen LogP) is 2.45. The molecule has 2 nitrogen and oxygen atoms in total. The molecular weight excluding hydrogens is 190 g/mol. The Morgan fingerprint density at radius 1 is 1.36 bits per heavy atom. The molecule has 76 valence electrons. The number of Topliss-reactive ketones (excluding diaryl/α,β-unsaturated/α-hetero) is 1. The van der Waals surface area contributed by atoms with Gasteiger partial charge in [0, 0.05) is 5.56 Å². The van der Waals surface area contributed by atoms with E-state index < -0.39 is 12.2 Å². The monoisotopic (exact) mass is 200 g/mol. The van der Waals surface area contributed by atoms with E-state index in [0.717, 1.165) is 0 Å². The number of hydrogen-bond donors (Lipinski definition) is 0. The third-order valence-electron chi connectivity index (χ3n) is 1.77. The van der Waals surface area contributed by atoms with Gasteiger partial charge in [0.15, 0.2) is 0 Å². The normalized spacial score (nSPS) is 10.4. The van der Waals surface area contributed by atoms with Gasteiger partial charge in [0.05, 0.1) is 7.11 Å². The van der Waals surface area contributed by atoms with Gasteiger partial charge in [0.25, 0.3) is 0 Å². The van der Waals surface area contributed by atoms with Crippen molar-refractivity contribution in [1.82, 2.24) is 0 Å². The Kier molecular flexibility index (Phi) is 3.17. The lowest BCUT2D eigenvalue weighted by atomic mass is 10.1. The van der Waals surface area contributed by atoms with E-state index in [2.05, 4.69) is 0 Å². The first kappa shape index (κ1) is 10.6. The van der Waals surface area contributed by atoms with E-state index in [9.17, 15) is 13.6 Å². The zero-order valence-electron chi connectivity index (χ0n) is 7.88. The van der Waals surface area contributed by atoms with E-state index >= 15 is 0 Å². The number of carbonyl (C=O) groups excluding carboxylic acids is 1. The van der Waals surface area contributed by atoms with Crippen LogP contribution in [0, 0.1) is 6.92 Å². The lowest BCUT2D eigenvalue weighted by molar-refractivity contribution is 0.0678. The minimum atomic E-state index is -2.97. The van der Waals surface area contributed by atoms with E-state index in [0.29, 0.717) is 11.3 Å². The molecule has 0 aromatic heterocycles. The van der Waals surface area contributed by atoms with E-state index in [4.69, 9.17) is 4.74 Å². The summed E-state index contributed by atoms with van der Waals surface area (Å²) in [5, 5.41) is 0. The number of benzene rings is 1. The molecule has 0 atom stereocenters. The SMILES string of the molecule is COc1cc(C)cc(C(=O)C(F)F)c1. The molecule has 1 rings (SSSR count). The van der Waals surface area contributed by atoms with Gasteiger partial charge in [-0.15, -0.1) is 0 Å². The molecule has 0 saturated carbocycles. The van der Waals surface area contributed by atoms with Crippen molar-refractivity contribution in [2.45, 2.75) is 13.3 Å². The van der Waals surface area contributed by atoms with Crippen LogP contribution in [0.3, 0.4) is 0 Å². The molecule has 0 spiro atoms. The number of alkyl halides is 2. The molecule has 0 N–H and O–H groups in total. The standard InChI is InChI=1S/C10H10F2O2/c1-6-3-7(9(13)10(11)12)5-8(4-6)14-2/h3-5,10H,1-2H3. The highest BCUT2D eigenvalue weighted by atomic mass is 19.3. The Morgan fingerprint density at radius 3 is 2.50 bits per heavy atom. The highest BCUT2D eigenvalue weighted by molar-refractivity contribution is 5.98. The van der Waals surface area contributed by atoms with Crippen molar-refractivity contribution >= 4 is 5.78 Å². The molecule has 14 heavy (non-hydrogen) atoms. The highest BCUT2D eigenvalue weighted by Gasteiger charge is 2.18. The van der Waals surface area contributed by atoms with Crippen LogP contribution in [0.4, 0.5) is 8.78 Å². The van der Waals surface area contributed by atoms with Gasteiger partial charge in [-0.25, -0.2) is 8.78 Å². The first-order valence-corrected chi connectivity index (χ1v) is 4.02. The van der Waals surface area contributed by atoms with Crippen LogP contribution in [0.15, 0.2) is 18.2 Å². The average molecular weight is 200 g/mol. The molecule has 0 fully saturated rings. The second kappa shape index (κ2) is 4.17. The smallest absolute Gasteiger partial charge is 0.300 e. The van der Waals surface area contributed by atoms with Crippen LogP contribution < -0.4 is 4.74 Å². The van der Waals surface area contributed by atoms with Crippen molar-refractivity contribution in [2.75, 3.05) is 7.11 Å². The summed E-state index contributed by atoms with van der Waals surface area (Å²) >= 11 is 0. The number of halogens is 2. The first-order valence-electron chi connectivity index (χ1n) is 4.02. The largest absolute Gasteiger partial charge is 0.497 e. The van der Waals surface area contributed by atoms with Crippen molar-refractivity contribution < 1.29 is 18.3 Å². The van der Waals surface area contributed by atoms with Crippen LogP contribution in [-0.4, -0.2) is 19.3 Å². The van der Waals surface area contributed by atoms with Crippen molar-refractivity contribution in [2.24, 2.45) is 0 Å². The second-order valence-electron chi connectivity index (χ2n) is 2.90. The lowest BCUT2D eigenvalue weighted by Gasteiger charge is -2.05. The van der Waals surface area contributed by atoms with Gasteiger partial charge in [-0.05, 0) is 30.7 Å². The molecular formula is C10H10F2O2. The highest BCUT2D eigenvalue weighted by Crippen LogP contribution is 2.18. The molecule has 4 heteroatoms. The number of rotatable bonds is 3. The van der Waals surface area contributed by atoms with E-state index in [1.54, 1.807) is 13.0 Å². The van der Waals surface area contributed by atoms with Crippen molar-refractivity contribution in [3.8, 4) is 5.75 Å². The molecule has 0 heterocycles. The van der Waals surface area contributed by atoms with Crippen LogP contribution in [0.5, 0.6) is 5.75 Å². The Balaban J connectivity index is 3.09. The summed E-state index contributed by atoms with van der Waals surface area (Å²) in [5.41, 5.74) is 0.699. The van der Waals surface area contributed by atoms with E-state index in [-0.39, 0.29) is 5.56 Å². The van der Waals surface area contributed by atoms with Gasteiger partial charge in [-0.3, -0.25) is 4.79 Å². The summed E-state index contributed by atoms with van der Waals surface area (Å²) in [6.07, 6.45) is -2.97. The third kappa shape index (κ3) is 2.28. The molecule has 0 aliphatic heterocycles. The topological polar surface area (TPSA) is 26.3 Å². The fourth-order valence-corrected chi connectivity index (χ4v) is 1.13. The molecule has 0 aliphatic rings. The molecule has 0 bridgehead atoms. The van der Waals surface area contributed by atoms with Crippen LogP contribution >= 0.6 is 0 Å². The summed E-state index contributed by atoms with van der Waals surface area (Å²) in [6, 6.07) is 4.39. The summed E-state index contributed by atoms with van der Waals surface area (Å²) in [4.78, 5) is 11.0. The van der Waals surface area contributed by atoms with Gasteiger partial charge in [-0.1, -0.05) is 0 Å². The van der Waals surface area contributed by atoms with E-state index in [1.165, 1.54) is 19.2 Å². The van der Waals surface area contributed by atoms with Crippen LogP contribution in [0.25, 0.3) is 0 Å². The number of methoxy groups -OCH3 is 1.